The van der Waals surface area contributed by atoms with Crippen LogP contribution in [0.2, 0.25) is 0 Å². The molecule has 12 rings (SSSR count). The van der Waals surface area contributed by atoms with Gasteiger partial charge in [-0.3, -0.25) is 33.2 Å². The molecular formula is C60H56Br2F6N14O5. The monoisotopic (exact) mass is 1320 g/mol. The number of carbonyl (C=O) groups is 3. The lowest BCUT2D eigenvalue weighted by Crippen LogP contribution is -2.46. The van der Waals surface area contributed by atoms with Crippen LogP contribution < -0.4 is 16.4 Å². The van der Waals surface area contributed by atoms with E-state index in [4.69, 9.17) is 15.3 Å². The van der Waals surface area contributed by atoms with Crippen LogP contribution in [0, 0.1) is 24.7 Å². The fourth-order valence-corrected chi connectivity index (χ4v) is 13.5. The van der Waals surface area contributed by atoms with E-state index in [0.717, 1.165) is 30.5 Å². The third kappa shape index (κ3) is 10.5. The van der Waals surface area contributed by atoms with Crippen LogP contribution in [0.25, 0.3) is 34.1 Å². The predicted octanol–water partition coefficient (Wildman–Crippen LogP) is 10.1. The van der Waals surface area contributed by atoms with Crippen molar-refractivity contribution in [2.45, 2.75) is 117 Å². The van der Waals surface area contributed by atoms with E-state index in [0.29, 0.717) is 74.9 Å². The van der Waals surface area contributed by atoms with Gasteiger partial charge in [-0.15, -0.1) is 0 Å². The summed E-state index contributed by atoms with van der Waals surface area (Å²) in [6.07, 6.45) is -3.62. The van der Waals surface area contributed by atoms with Crippen LogP contribution in [0.5, 0.6) is 0 Å². The van der Waals surface area contributed by atoms with Gasteiger partial charge in [0.25, 0.3) is 28.8 Å². The molecule has 1 saturated carbocycles. The second kappa shape index (κ2) is 22.2. The highest BCUT2D eigenvalue weighted by Crippen LogP contribution is 2.41. The zero-order chi connectivity index (χ0) is 61.9. The molecule has 9 aromatic rings. The highest BCUT2D eigenvalue weighted by molar-refractivity contribution is 9.10. The number of fused-ring (bicyclic) bond motifs is 6. The average Bonchev–Trinajstić information content (AvgIpc) is 1.86. The van der Waals surface area contributed by atoms with Crippen molar-refractivity contribution in [2.75, 3.05) is 7.05 Å². The van der Waals surface area contributed by atoms with Crippen molar-refractivity contribution in [2.24, 2.45) is 17.8 Å². The van der Waals surface area contributed by atoms with E-state index in [2.05, 4.69) is 52.6 Å². The van der Waals surface area contributed by atoms with Crippen molar-refractivity contribution < 1.29 is 40.7 Å². The standard InChI is InChI=1S/C60H56Br2F6N14O5/c1-29(2)17-38-24-70-82-49-28-77(56(85)36-12-16-46(62)44(22-36)60(66,67)68)31(4)19-42(49)58(87)80(54(38)82)50-23-47(52(83)69-6)78(74-50)26-37-8-7-34(37)20-39-25-71-81-48-27-76(55(84)35-11-15-45(61)43(21-35)59(63,64)65)30(3)18-41(48)57(86)79(53(39)81)40-13-9-33(10-14-40)51-32(5)72-75-73-51/h9-16,21-25,29-31,34,37H,7-8,17-20,26-28H2,1-6H3,(H,69,83)(H,72,73,75)/t30-,31-,34?,37?/m1/s1. The Morgan fingerprint density at radius 1 is 0.713 bits per heavy atom. The van der Waals surface area contributed by atoms with Gasteiger partial charge in [-0.05, 0) is 126 Å². The first-order valence-electron chi connectivity index (χ1n) is 28.2. The van der Waals surface area contributed by atoms with Gasteiger partial charge >= 0.3 is 12.4 Å². The lowest BCUT2D eigenvalue weighted by atomic mass is 9.71. The van der Waals surface area contributed by atoms with Crippen molar-refractivity contribution in [3.8, 4) is 22.8 Å². The summed E-state index contributed by atoms with van der Waals surface area (Å²) in [5.74, 6) is -1.65. The summed E-state index contributed by atoms with van der Waals surface area (Å²) >= 11 is 5.93. The maximum Gasteiger partial charge on any atom is 0.417 e. The topological polar surface area (TPSA) is 208 Å². The minimum absolute atomic E-state index is 0.0340. The number of halogens is 8. The number of hydrogen-bond donors (Lipinski definition) is 2. The zero-order valence-corrected chi connectivity index (χ0v) is 50.9. The molecule has 87 heavy (non-hydrogen) atoms. The molecule has 2 N–H and O–H groups in total. The second-order valence-corrected chi connectivity index (χ2v) is 24.9. The molecule has 3 aliphatic rings. The van der Waals surface area contributed by atoms with Crippen LogP contribution >= 0.6 is 31.9 Å². The number of aromatic amines is 1. The third-order valence-corrected chi connectivity index (χ3v) is 18.5. The average molecular weight is 1330 g/mol. The van der Waals surface area contributed by atoms with Gasteiger partial charge in [0.05, 0.1) is 59.4 Å². The van der Waals surface area contributed by atoms with Crippen molar-refractivity contribution in [1.29, 1.82) is 0 Å². The fraction of sp³-hybridized carbons (Fsp3) is 0.367. The Morgan fingerprint density at radius 3 is 1.74 bits per heavy atom. The Labute approximate surface area is 508 Å². The number of aromatic nitrogens is 11. The molecule has 452 valence electrons. The number of nitrogens with one attached hydrogen (secondary N) is 2. The van der Waals surface area contributed by atoms with E-state index in [1.54, 1.807) is 62.7 Å². The number of amides is 3. The van der Waals surface area contributed by atoms with Crippen molar-refractivity contribution in [3.63, 3.8) is 0 Å². The molecule has 0 saturated heterocycles. The van der Waals surface area contributed by atoms with Crippen molar-refractivity contribution in [1.82, 2.24) is 68.7 Å². The quantitative estimate of drug-likeness (QED) is 0.111. The third-order valence-electron chi connectivity index (χ3n) is 17.1. The molecule has 0 radical (unpaired) electrons. The molecule has 0 spiro atoms. The maximum absolute atomic E-state index is 15.2. The molecule has 1 fully saturated rings. The van der Waals surface area contributed by atoms with E-state index in [1.807, 2.05) is 32.9 Å². The van der Waals surface area contributed by atoms with Crippen molar-refractivity contribution >= 4 is 60.9 Å². The Bertz CT molecular complexity index is 4410. The number of hydrogen-bond acceptors (Lipinski definition) is 10. The number of carbonyl (C=O) groups excluding carboxylic acids is 3. The number of nitrogens with zero attached hydrogens (tertiary/aromatic N) is 12. The summed E-state index contributed by atoms with van der Waals surface area (Å²) in [5, 5.41) is 28.5. The highest BCUT2D eigenvalue weighted by Gasteiger charge is 2.41. The maximum atomic E-state index is 15.2. The molecule has 6 aromatic heterocycles. The van der Waals surface area contributed by atoms with Gasteiger partial charge < -0.3 is 15.1 Å². The molecule has 19 nitrogen and oxygen atoms in total. The number of rotatable bonds is 12. The normalized spacial score (nSPS) is 17.9. The second-order valence-electron chi connectivity index (χ2n) is 23.2. The first kappa shape index (κ1) is 59.1. The van der Waals surface area contributed by atoms with Gasteiger partial charge in [0.2, 0.25) is 0 Å². The predicted molar refractivity (Wildman–Crippen MR) is 314 cm³/mol. The molecular weight excluding hydrogens is 1270 g/mol. The van der Waals surface area contributed by atoms with Crippen LogP contribution in [0.4, 0.5) is 26.3 Å². The highest BCUT2D eigenvalue weighted by atomic mass is 79.9. The van der Waals surface area contributed by atoms with Gasteiger partial charge in [-0.25, -0.2) is 13.6 Å². The molecule has 2 unspecified atom stereocenters. The minimum Gasteiger partial charge on any atom is -0.354 e. The Hall–Kier alpha value is -8.20. The molecule has 1 aliphatic carbocycles. The van der Waals surface area contributed by atoms with Gasteiger partial charge in [-0.2, -0.15) is 57.0 Å². The lowest BCUT2D eigenvalue weighted by Gasteiger charge is -2.37. The van der Waals surface area contributed by atoms with Gasteiger partial charge in [-0.1, -0.05) is 57.8 Å². The van der Waals surface area contributed by atoms with Gasteiger partial charge in [0.1, 0.15) is 22.7 Å². The Morgan fingerprint density at radius 2 is 1.24 bits per heavy atom. The summed E-state index contributed by atoms with van der Waals surface area (Å²) in [6, 6.07) is 14.3. The summed E-state index contributed by atoms with van der Waals surface area (Å²) in [6.45, 7) is 9.29. The molecule has 4 atom stereocenters. The first-order valence-corrected chi connectivity index (χ1v) is 29.8. The van der Waals surface area contributed by atoms with Crippen LogP contribution in [0.3, 0.4) is 0 Å². The Balaban J connectivity index is 0.897. The fourth-order valence-electron chi connectivity index (χ4n) is 12.5. The molecule has 8 heterocycles. The molecule has 3 aromatic carbocycles. The Kier molecular flexibility index (Phi) is 15.1. The number of aryl methyl sites for hydroxylation is 1. The first-order chi connectivity index (χ1) is 41.3. The van der Waals surface area contributed by atoms with E-state index in [1.165, 1.54) is 45.7 Å². The van der Waals surface area contributed by atoms with E-state index in [9.17, 15) is 40.7 Å². The number of H-pyrrole nitrogens is 1. The largest absolute Gasteiger partial charge is 0.417 e. The van der Waals surface area contributed by atoms with Crippen LogP contribution in [0.15, 0.2) is 97.7 Å². The summed E-state index contributed by atoms with van der Waals surface area (Å²) < 4.78 is 91.7. The van der Waals surface area contributed by atoms with Crippen LogP contribution in [-0.4, -0.2) is 100 Å². The summed E-state index contributed by atoms with van der Waals surface area (Å²) in [7, 11) is 1.49. The van der Waals surface area contributed by atoms with Crippen LogP contribution in [0.1, 0.15) is 122 Å². The van der Waals surface area contributed by atoms with Gasteiger partial charge in [0, 0.05) is 79.6 Å². The SMILES string of the molecule is CNC(=O)c1cc(-n2c(=O)c3c(n4ncc(CC(C)C)c24)CN(C(=O)c2ccc(Br)c(C(F)(F)F)c2)[C@H](C)C3)nn1CC1CCC1Cc1cnn2c3c(c(=O)n(-c4ccc(-c5n[nH]nc5C)cc4)c12)C[C@@H](C)N(C(=O)c1ccc(Br)c(C(F)(F)F)c1)C3. The lowest BCUT2D eigenvalue weighted by molar-refractivity contribution is -0.139. The number of alkyl halides is 6. The minimum atomic E-state index is -4.73. The molecule has 0 bridgehead atoms. The van der Waals surface area contributed by atoms with Gasteiger partial charge in [0.15, 0.2) is 5.82 Å². The van der Waals surface area contributed by atoms with E-state index >= 15 is 9.59 Å². The number of benzene rings is 3. The van der Waals surface area contributed by atoms with Crippen LogP contribution in [-0.2, 0) is 57.7 Å². The summed E-state index contributed by atoms with van der Waals surface area (Å²) in [5.41, 5.74) is 3.37. The van der Waals surface area contributed by atoms with E-state index < -0.39 is 58.8 Å². The summed E-state index contributed by atoms with van der Waals surface area (Å²) in [4.78, 5) is 75.6. The molecule has 27 heteroatoms. The molecule has 3 amide bonds. The smallest absolute Gasteiger partial charge is 0.354 e. The zero-order valence-electron chi connectivity index (χ0n) is 47.7. The molecule has 2 aliphatic heterocycles. The van der Waals surface area contributed by atoms with E-state index in [-0.39, 0.29) is 87.4 Å². The van der Waals surface area contributed by atoms with Crippen molar-refractivity contribution in [3.05, 3.63) is 176 Å².